The number of aromatic hydroxyl groups is 1. The lowest BCUT2D eigenvalue weighted by atomic mass is 10.2. The van der Waals surface area contributed by atoms with Gasteiger partial charge in [0.05, 0.1) is 23.0 Å². The van der Waals surface area contributed by atoms with Gasteiger partial charge < -0.3 is 20.8 Å². The Morgan fingerprint density at radius 3 is 2.56 bits per heavy atom. The molecule has 0 aliphatic carbocycles. The highest BCUT2D eigenvalue weighted by molar-refractivity contribution is 6.33. The molecule has 0 radical (unpaired) electrons. The van der Waals surface area contributed by atoms with E-state index in [0.717, 1.165) is 5.56 Å². The Labute approximate surface area is 149 Å². The molecule has 7 nitrogen and oxygen atoms in total. The zero-order valence-corrected chi connectivity index (χ0v) is 13.9. The van der Waals surface area contributed by atoms with Gasteiger partial charge in [-0.3, -0.25) is 4.98 Å². The number of aromatic nitrogens is 3. The molecule has 8 heteroatoms. The van der Waals surface area contributed by atoms with Gasteiger partial charge in [-0.25, -0.2) is 4.98 Å². The number of anilines is 3. The number of nitrogens with zero attached hydrogens (tertiary/aromatic N) is 3. The van der Waals surface area contributed by atoms with E-state index < -0.39 is 0 Å². The Hall–Kier alpha value is -2.90. The first kappa shape index (κ1) is 16.9. The fraction of sp³-hybridized carbons (Fsp3) is 0.118. The third kappa shape index (κ3) is 4.34. The van der Waals surface area contributed by atoms with Gasteiger partial charge in [0.25, 0.3) is 0 Å². The first-order chi connectivity index (χ1) is 12.2. The minimum absolute atomic E-state index is 0.0323. The molecule has 3 aromatic rings. The van der Waals surface area contributed by atoms with Crippen LogP contribution in [-0.2, 0) is 0 Å². The van der Waals surface area contributed by atoms with Crippen molar-refractivity contribution in [2.24, 2.45) is 0 Å². The summed E-state index contributed by atoms with van der Waals surface area (Å²) in [5.74, 6) is 0.983. The maximum absolute atomic E-state index is 9.46. The number of aliphatic hydroxyl groups excluding tert-OH is 1. The van der Waals surface area contributed by atoms with Gasteiger partial charge in [-0.05, 0) is 24.3 Å². The Morgan fingerprint density at radius 2 is 1.84 bits per heavy atom. The highest BCUT2D eigenvalue weighted by atomic mass is 35.5. The highest BCUT2D eigenvalue weighted by Gasteiger charge is 2.09. The summed E-state index contributed by atoms with van der Waals surface area (Å²) in [7, 11) is 0. The molecule has 1 aromatic carbocycles. The predicted octanol–water partition coefficient (Wildman–Crippen LogP) is 3.05. The quantitative estimate of drug-likeness (QED) is 0.503. The molecule has 0 saturated heterocycles. The van der Waals surface area contributed by atoms with Gasteiger partial charge in [-0.15, -0.1) is 0 Å². The lowest BCUT2D eigenvalue weighted by Crippen LogP contribution is -2.10. The van der Waals surface area contributed by atoms with E-state index in [1.807, 2.05) is 12.1 Å². The van der Waals surface area contributed by atoms with Crippen LogP contribution in [0, 0.1) is 0 Å². The molecule has 0 aliphatic rings. The van der Waals surface area contributed by atoms with Gasteiger partial charge >= 0.3 is 0 Å². The number of benzene rings is 1. The van der Waals surface area contributed by atoms with Crippen LogP contribution in [0.4, 0.5) is 17.5 Å². The summed E-state index contributed by atoms with van der Waals surface area (Å²) < 4.78 is 0. The summed E-state index contributed by atoms with van der Waals surface area (Å²) in [6.45, 7) is 0.300. The average Bonchev–Trinajstić information content (AvgIpc) is 2.63. The number of hydrogen-bond donors (Lipinski definition) is 4. The van der Waals surface area contributed by atoms with Crippen LogP contribution in [0.3, 0.4) is 0 Å². The normalized spacial score (nSPS) is 10.5. The number of phenolic OH excluding ortho intramolecular Hbond substituents is 1. The predicted molar refractivity (Wildman–Crippen MR) is 97.2 cm³/mol. The van der Waals surface area contributed by atoms with Crippen LogP contribution in [-0.4, -0.2) is 38.3 Å². The summed E-state index contributed by atoms with van der Waals surface area (Å²) in [5.41, 5.74) is 2.17. The van der Waals surface area contributed by atoms with Crippen LogP contribution in [0.2, 0.25) is 5.02 Å². The molecule has 2 aromatic heterocycles. The molecule has 0 unspecified atom stereocenters. The zero-order valence-electron chi connectivity index (χ0n) is 13.1. The molecule has 2 heterocycles. The number of rotatable bonds is 6. The molecule has 0 saturated carbocycles. The summed E-state index contributed by atoms with van der Waals surface area (Å²) in [4.78, 5) is 12.8. The zero-order chi connectivity index (χ0) is 17.6. The molecule has 0 bridgehead atoms. The van der Waals surface area contributed by atoms with Crippen LogP contribution in [0.15, 0.2) is 48.8 Å². The molecular weight excluding hydrogens is 342 g/mol. The van der Waals surface area contributed by atoms with Crippen molar-refractivity contribution in [2.75, 3.05) is 23.8 Å². The molecule has 0 amide bonds. The van der Waals surface area contributed by atoms with Crippen LogP contribution in [0.5, 0.6) is 5.75 Å². The largest absolute Gasteiger partial charge is 0.508 e. The van der Waals surface area contributed by atoms with Crippen LogP contribution < -0.4 is 10.6 Å². The minimum Gasteiger partial charge on any atom is -0.508 e. The van der Waals surface area contributed by atoms with Crippen molar-refractivity contribution in [1.29, 1.82) is 0 Å². The van der Waals surface area contributed by atoms with Crippen molar-refractivity contribution in [3.63, 3.8) is 0 Å². The SMILES string of the molecule is OCCNc1nc(Nc2ccc(O)cc2Cl)cc(-c2ccncc2)n1. The van der Waals surface area contributed by atoms with Crippen molar-refractivity contribution in [1.82, 2.24) is 15.0 Å². The van der Waals surface area contributed by atoms with Crippen molar-refractivity contribution >= 4 is 29.1 Å². The first-order valence-electron chi connectivity index (χ1n) is 7.55. The topological polar surface area (TPSA) is 103 Å². The van der Waals surface area contributed by atoms with E-state index in [9.17, 15) is 5.11 Å². The number of halogens is 1. The van der Waals surface area contributed by atoms with E-state index in [0.29, 0.717) is 34.7 Å². The molecule has 25 heavy (non-hydrogen) atoms. The van der Waals surface area contributed by atoms with Gasteiger partial charge in [0.1, 0.15) is 11.6 Å². The number of aliphatic hydroxyl groups is 1. The van der Waals surface area contributed by atoms with Gasteiger partial charge in [-0.2, -0.15) is 4.98 Å². The molecular formula is C17H16ClN5O2. The van der Waals surface area contributed by atoms with Gasteiger partial charge in [0.15, 0.2) is 0 Å². The fourth-order valence-electron chi connectivity index (χ4n) is 2.17. The molecule has 0 atom stereocenters. The number of hydrogen-bond acceptors (Lipinski definition) is 7. The van der Waals surface area contributed by atoms with Crippen LogP contribution in [0.1, 0.15) is 0 Å². The lowest BCUT2D eigenvalue weighted by Gasteiger charge is -2.12. The highest BCUT2D eigenvalue weighted by Crippen LogP contribution is 2.29. The van der Waals surface area contributed by atoms with Crippen molar-refractivity contribution < 1.29 is 10.2 Å². The maximum atomic E-state index is 9.46. The summed E-state index contributed by atoms with van der Waals surface area (Å²) >= 11 is 6.14. The van der Waals surface area contributed by atoms with Crippen molar-refractivity contribution in [3.8, 4) is 17.0 Å². The summed E-state index contributed by atoms with van der Waals surface area (Å²) in [6.07, 6.45) is 3.37. The van der Waals surface area contributed by atoms with E-state index in [1.54, 1.807) is 24.5 Å². The maximum Gasteiger partial charge on any atom is 0.225 e. The third-order valence-corrected chi connectivity index (χ3v) is 3.63. The van der Waals surface area contributed by atoms with E-state index in [2.05, 4.69) is 25.6 Å². The van der Waals surface area contributed by atoms with Gasteiger partial charge in [0, 0.05) is 36.6 Å². The van der Waals surface area contributed by atoms with E-state index in [-0.39, 0.29) is 12.4 Å². The molecule has 0 aliphatic heterocycles. The summed E-state index contributed by atoms with van der Waals surface area (Å²) in [5, 5.41) is 24.9. The summed E-state index contributed by atoms with van der Waals surface area (Å²) in [6, 6.07) is 10.1. The Morgan fingerprint density at radius 1 is 1.04 bits per heavy atom. The van der Waals surface area contributed by atoms with E-state index >= 15 is 0 Å². The molecule has 4 N–H and O–H groups in total. The Balaban J connectivity index is 1.96. The number of nitrogens with one attached hydrogen (secondary N) is 2. The van der Waals surface area contributed by atoms with Crippen molar-refractivity contribution in [2.45, 2.75) is 0 Å². The van der Waals surface area contributed by atoms with Crippen LogP contribution in [0.25, 0.3) is 11.3 Å². The average molecular weight is 358 g/mol. The Kier molecular flexibility index (Phi) is 5.27. The van der Waals surface area contributed by atoms with E-state index in [4.69, 9.17) is 16.7 Å². The van der Waals surface area contributed by atoms with Crippen LogP contribution >= 0.6 is 11.6 Å². The number of pyridine rings is 1. The van der Waals surface area contributed by atoms with Gasteiger partial charge in [-0.1, -0.05) is 11.6 Å². The second-order valence-corrected chi connectivity index (χ2v) is 5.54. The molecule has 3 rings (SSSR count). The second kappa shape index (κ2) is 7.78. The molecule has 0 spiro atoms. The third-order valence-electron chi connectivity index (χ3n) is 3.31. The minimum atomic E-state index is -0.0323. The van der Waals surface area contributed by atoms with Gasteiger partial charge in [0.2, 0.25) is 5.95 Å². The monoisotopic (exact) mass is 357 g/mol. The molecule has 128 valence electrons. The fourth-order valence-corrected chi connectivity index (χ4v) is 2.39. The smallest absolute Gasteiger partial charge is 0.225 e. The van der Waals surface area contributed by atoms with Crippen molar-refractivity contribution in [3.05, 3.63) is 53.8 Å². The number of phenols is 1. The first-order valence-corrected chi connectivity index (χ1v) is 7.93. The molecule has 0 fully saturated rings. The van der Waals surface area contributed by atoms with E-state index in [1.165, 1.54) is 12.1 Å². The Bertz CT molecular complexity index is 861. The standard InChI is InChI=1S/C17H16ClN5O2/c18-13-9-12(25)1-2-14(13)21-16-10-15(11-3-5-19-6-4-11)22-17(23-16)20-7-8-24/h1-6,9-10,24-25H,7-8H2,(H2,20,21,22,23). The second-order valence-electron chi connectivity index (χ2n) is 5.14. The lowest BCUT2D eigenvalue weighted by molar-refractivity contribution is 0.311.